The van der Waals surface area contributed by atoms with Crippen molar-refractivity contribution >= 4 is 17.6 Å². The standard InChI is InChI=1S/C21H24F2N4O3/c1-13-8-16(9-17(25-13)26-19(28)15-5-6-15)20(29)27(3)11-14-4-7-18(24-10-14)30-12-21(2,22)23/h4,7-10,15H,5-6,11-12H2,1-3H3,(H,25,26,28). The number of ether oxygens (including phenoxy) is 1. The number of nitrogens with one attached hydrogen (secondary N) is 1. The van der Waals surface area contributed by atoms with Crippen LogP contribution in [0.1, 0.15) is 41.4 Å². The first-order valence-corrected chi connectivity index (χ1v) is 9.61. The third-order valence-corrected chi connectivity index (χ3v) is 4.44. The van der Waals surface area contributed by atoms with Crippen LogP contribution in [0.2, 0.25) is 0 Å². The normalized spacial score (nSPS) is 13.6. The zero-order chi connectivity index (χ0) is 21.9. The second-order valence-corrected chi connectivity index (χ2v) is 7.67. The molecule has 2 aromatic heterocycles. The van der Waals surface area contributed by atoms with Gasteiger partial charge in [-0.25, -0.2) is 18.7 Å². The van der Waals surface area contributed by atoms with Crippen LogP contribution in [-0.4, -0.2) is 46.3 Å². The number of hydrogen-bond acceptors (Lipinski definition) is 5. The van der Waals surface area contributed by atoms with Gasteiger partial charge in [0.25, 0.3) is 11.8 Å². The number of carbonyl (C=O) groups excluding carboxylic acids is 2. The number of alkyl halides is 2. The lowest BCUT2D eigenvalue weighted by atomic mass is 10.2. The minimum atomic E-state index is -2.94. The SMILES string of the molecule is Cc1cc(C(=O)N(C)Cc2ccc(OCC(C)(F)F)nc2)cc(NC(=O)C2CC2)n1. The summed E-state index contributed by atoms with van der Waals surface area (Å²) in [5.41, 5.74) is 1.75. The molecule has 0 spiro atoms. The van der Waals surface area contributed by atoms with Crippen LogP contribution in [0.5, 0.6) is 5.88 Å². The lowest BCUT2D eigenvalue weighted by Gasteiger charge is -2.18. The molecule has 2 aromatic rings. The van der Waals surface area contributed by atoms with Crippen molar-refractivity contribution in [3.63, 3.8) is 0 Å². The van der Waals surface area contributed by atoms with Crippen LogP contribution in [0.25, 0.3) is 0 Å². The Morgan fingerprint density at radius 1 is 1.30 bits per heavy atom. The van der Waals surface area contributed by atoms with Crippen LogP contribution in [-0.2, 0) is 11.3 Å². The summed E-state index contributed by atoms with van der Waals surface area (Å²) in [7, 11) is 1.64. The van der Waals surface area contributed by atoms with E-state index >= 15 is 0 Å². The fraction of sp³-hybridized carbons (Fsp3) is 0.429. The number of aromatic nitrogens is 2. The molecule has 0 unspecified atom stereocenters. The predicted molar refractivity (Wildman–Crippen MR) is 106 cm³/mol. The Kier molecular flexibility index (Phi) is 6.28. The van der Waals surface area contributed by atoms with Gasteiger partial charge in [0.2, 0.25) is 11.8 Å². The molecule has 7 nitrogen and oxygen atoms in total. The van der Waals surface area contributed by atoms with E-state index in [4.69, 9.17) is 4.74 Å². The summed E-state index contributed by atoms with van der Waals surface area (Å²) in [6.07, 6.45) is 3.24. The zero-order valence-corrected chi connectivity index (χ0v) is 17.1. The van der Waals surface area contributed by atoms with Crippen LogP contribution in [0.4, 0.5) is 14.6 Å². The van der Waals surface area contributed by atoms with Crippen LogP contribution in [0, 0.1) is 12.8 Å². The van der Waals surface area contributed by atoms with Gasteiger partial charge in [-0.2, -0.15) is 0 Å². The number of amides is 2. The number of anilines is 1. The highest BCUT2D eigenvalue weighted by molar-refractivity contribution is 5.97. The van der Waals surface area contributed by atoms with Gasteiger partial charge >= 0.3 is 0 Å². The Bertz CT molecular complexity index is 925. The topological polar surface area (TPSA) is 84.4 Å². The van der Waals surface area contributed by atoms with E-state index in [-0.39, 0.29) is 30.2 Å². The molecule has 0 aromatic carbocycles. The van der Waals surface area contributed by atoms with Crippen molar-refractivity contribution in [1.82, 2.24) is 14.9 Å². The summed E-state index contributed by atoms with van der Waals surface area (Å²) >= 11 is 0. The van der Waals surface area contributed by atoms with E-state index < -0.39 is 12.5 Å². The summed E-state index contributed by atoms with van der Waals surface area (Å²) in [5, 5.41) is 2.76. The predicted octanol–water partition coefficient (Wildman–Crippen LogP) is 3.44. The minimum absolute atomic E-state index is 0.0390. The van der Waals surface area contributed by atoms with Crippen LogP contribution >= 0.6 is 0 Å². The van der Waals surface area contributed by atoms with Crippen molar-refractivity contribution in [3.05, 3.63) is 47.3 Å². The number of halogens is 2. The summed E-state index contributed by atoms with van der Waals surface area (Å²) in [4.78, 5) is 34.6. The molecule has 1 aliphatic carbocycles. The second kappa shape index (κ2) is 8.73. The summed E-state index contributed by atoms with van der Waals surface area (Å²) < 4.78 is 30.7. The molecule has 0 atom stereocenters. The zero-order valence-electron chi connectivity index (χ0n) is 17.1. The molecule has 0 aliphatic heterocycles. The first-order valence-electron chi connectivity index (χ1n) is 9.61. The van der Waals surface area contributed by atoms with Gasteiger partial charge < -0.3 is 15.0 Å². The lowest BCUT2D eigenvalue weighted by molar-refractivity contribution is -0.117. The van der Waals surface area contributed by atoms with E-state index in [9.17, 15) is 18.4 Å². The average molecular weight is 418 g/mol. The van der Waals surface area contributed by atoms with Crippen LogP contribution in [0.3, 0.4) is 0 Å². The fourth-order valence-corrected chi connectivity index (χ4v) is 2.79. The van der Waals surface area contributed by atoms with Crippen molar-refractivity contribution in [1.29, 1.82) is 0 Å². The number of aryl methyl sites for hydroxylation is 1. The number of carbonyl (C=O) groups is 2. The van der Waals surface area contributed by atoms with Gasteiger partial charge in [0.05, 0.1) is 0 Å². The van der Waals surface area contributed by atoms with Gasteiger partial charge in [0.15, 0.2) is 6.61 Å². The van der Waals surface area contributed by atoms with E-state index in [1.807, 2.05) is 0 Å². The molecule has 0 radical (unpaired) electrons. The lowest BCUT2D eigenvalue weighted by Crippen LogP contribution is -2.27. The van der Waals surface area contributed by atoms with E-state index in [0.29, 0.717) is 17.1 Å². The van der Waals surface area contributed by atoms with E-state index in [1.165, 1.54) is 17.2 Å². The van der Waals surface area contributed by atoms with E-state index in [2.05, 4.69) is 15.3 Å². The van der Waals surface area contributed by atoms with E-state index in [0.717, 1.165) is 25.3 Å². The number of hydrogen-bond donors (Lipinski definition) is 1. The quantitative estimate of drug-likeness (QED) is 0.710. The first-order chi connectivity index (χ1) is 14.1. The van der Waals surface area contributed by atoms with Crippen molar-refractivity contribution in [2.75, 3.05) is 19.0 Å². The van der Waals surface area contributed by atoms with E-state index in [1.54, 1.807) is 32.2 Å². The molecule has 1 fully saturated rings. The number of pyridine rings is 2. The molecule has 1 N–H and O–H groups in total. The summed E-state index contributed by atoms with van der Waals surface area (Å²) in [6, 6.07) is 6.37. The smallest absolute Gasteiger partial charge is 0.278 e. The Balaban J connectivity index is 1.62. The Hall–Kier alpha value is -3.10. The van der Waals surface area contributed by atoms with Crippen LogP contribution in [0.15, 0.2) is 30.5 Å². The Morgan fingerprint density at radius 3 is 2.63 bits per heavy atom. The summed E-state index contributed by atoms with van der Waals surface area (Å²) in [5.74, 6) is -2.76. The van der Waals surface area contributed by atoms with Gasteiger partial charge in [-0.15, -0.1) is 0 Å². The highest BCUT2D eigenvalue weighted by atomic mass is 19.3. The highest BCUT2D eigenvalue weighted by Crippen LogP contribution is 2.30. The molecule has 9 heteroatoms. The van der Waals surface area contributed by atoms with Crippen LogP contribution < -0.4 is 10.1 Å². The minimum Gasteiger partial charge on any atom is -0.471 e. The highest BCUT2D eigenvalue weighted by Gasteiger charge is 2.30. The third kappa shape index (κ3) is 6.20. The maximum atomic E-state index is 12.9. The largest absolute Gasteiger partial charge is 0.471 e. The van der Waals surface area contributed by atoms with Crippen molar-refractivity contribution in [2.24, 2.45) is 5.92 Å². The van der Waals surface area contributed by atoms with Gasteiger partial charge in [0.1, 0.15) is 5.82 Å². The Labute approximate surface area is 173 Å². The Morgan fingerprint density at radius 2 is 2.03 bits per heavy atom. The number of nitrogens with zero attached hydrogens (tertiary/aromatic N) is 3. The van der Waals surface area contributed by atoms with Crippen molar-refractivity contribution < 1.29 is 23.1 Å². The average Bonchev–Trinajstić information content (AvgIpc) is 3.51. The van der Waals surface area contributed by atoms with Gasteiger partial charge in [-0.3, -0.25) is 9.59 Å². The molecule has 3 rings (SSSR count). The molecule has 0 bridgehead atoms. The molecule has 2 amide bonds. The van der Waals surface area contributed by atoms with Gasteiger partial charge in [-0.05, 0) is 37.5 Å². The van der Waals surface area contributed by atoms with Crippen molar-refractivity contribution in [3.8, 4) is 5.88 Å². The molecular formula is C21H24F2N4O3. The molecule has 1 aliphatic rings. The van der Waals surface area contributed by atoms with Gasteiger partial charge in [-0.1, -0.05) is 6.07 Å². The molecule has 1 saturated carbocycles. The fourth-order valence-electron chi connectivity index (χ4n) is 2.79. The molecular weight excluding hydrogens is 394 g/mol. The van der Waals surface area contributed by atoms with Crippen molar-refractivity contribution in [2.45, 2.75) is 39.2 Å². The number of rotatable bonds is 8. The third-order valence-electron chi connectivity index (χ3n) is 4.44. The van der Waals surface area contributed by atoms with Gasteiger partial charge in [0, 0.05) is 50.0 Å². The molecule has 30 heavy (non-hydrogen) atoms. The summed E-state index contributed by atoms with van der Waals surface area (Å²) in [6.45, 7) is 2.04. The molecule has 160 valence electrons. The molecule has 2 heterocycles. The maximum Gasteiger partial charge on any atom is 0.278 e. The first kappa shape index (κ1) is 21.6. The monoisotopic (exact) mass is 418 g/mol. The molecule has 0 saturated heterocycles. The second-order valence-electron chi connectivity index (χ2n) is 7.67. The maximum absolute atomic E-state index is 12.9.